The van der Waals surface area contributed by atoms with Crippen LogP contribution in [0.25, 0.3) is 0 Å². The Labute approximate surface area is 182 Å². The van der Waals surface area contributed by atoms with Gasteiger partial charge in [-0.3, -0.25) is 0 Å². The molecule has 2 heterocycles. The van der Waals surface area contributed by atoms with Crippen molar-refractivity contribution in [2.45, 2.75) is 57.7 Å². The molecule has 0 aliphatic carbocycles. The van der Waals surface area contributed by atoms with Crippen molar-refractivity contribution < 1.29 is 18.7 Å². The summed E-state index contributed by atoms with van der Waals surface area (Å²) in [4.78, 5) is 14.1. The molecule has 5 nitrogen and oxygen atoms in total. The zero-order valence-electron chi connectivity index (χ0n) is 18.2. The second kappa shape index (κ2) is 8.22. The predicted molar refractivity (Wildman–Crippen MR) is 114 cm³/mol. The quantitative estimate of drug-likeness (QED) is 0.642. The molecule has 2 aromatic rings. The molecule has 1 atom stereocenters. The standard InChI is InChI=1S/C25H27FN2O3/c1-25(2,3)31-24(29)28-11-9-17(10-12-28)19-6-4-5-18-14-22(30-23(18)19)20-8-7-16(15-27)13-21(20)26/h4-8,13,17,22H,9-12,14H2,1-3H3. The summed E-state index contributed by atoms with van der Waals surface area (Å²) in [6.07, 6.45) is 1.59. The molecule has 1 amide bonds. The number of piperidine rings is 1. The molecule has 162 valence electrons. The third-order valence-corrected chi connectivity index (χ3v) is 5.86. The number of benzene rings is 2. The van der Waals surface area contributed by atoms with Crippen LogP contribution in [0, 0.1) is 17.1 Å². The first-order valence-electron chi connectivity index (χ1n) is 10.7. The van der Waals surface area contributed by atoms with Crippen LogP contribution in [0.15, 0.2) is 36.4 Å². The number of para-hydroxylation sites is 1. The highest BCUT2D eigenvalue weighted by Crippen LogP contribution is 2.44. The molecule has 2 aliphatic heterocycles. The molecule has 0 bridgehead atoms. The van der Waals surface area contributed by atoms with Crippen LogP contribution < -0.4 is 4.74 Å². The van der Waals surface area contributed by atoms with Crippen molar-refractivity contribution >= 4 is 6.09 Å². The average molecular weight is 423 g/mol. The van der Waals surface area contributed by atoms with Gasteiger partial charge in [-0.25, -0.2) is 9.18 Å². The summed E-state index contributed by atoms with van der Waals surface area (Å²) in [6.45, 7) is 6.88. The summed E-state index contributed by atoms with van der Waals surface area (Å²) >= 11 is 0. The van der Waals surface area contributed by atoms with E-state index in [1.165, 1.54) is 6.07 Å². The Bertz CT molecular complexity index is 1030. The average Bonchev–Trinajstić information content (AvgIpc) is 3.16. The number of nitriles is 1. The van der Waals surface area contributed by atoms with Crippen LogP contribution >= 0.6 is 0 Å². The third-order valence-electron chi connectivity index (χ3n) is 5.86. The minimum absolute atomic E-state index is 0.267. The molecule has 1 unspecified atom stereocenters. The number of hydrogen-bond acceptors (Lipinski definition) is 4. The molecule has 1 fully saturated rings. The van der Waals surface area contributed by atoms with E-state index in [1.54, 1.807) is 17.0 Å². The maximum Gasteiger partial charge on any atom is 0.410 e. The Balaban J connectivity index is 1.47. The van der Waals surface area contributed by atoms with Gasteiger partial charge in [-0.2, -0.15) is 5.26 Å². The van der Waals surface area contributed by atoms with Crippen molar-refractivity contribution in [2.75, 3.05) is 13.1 Å². The molecule has 4 rings (SSSR count). The lowest BCUT2D eigenvalue weighted by atomic mass is 9.87. The molecular weight excluding hydrogens is 395 g/mol. The number of fused-ring (bicyclic) bond motifs is 1. The number of hydrogen-bond donors (Lipinski definition) is 0. The van der Waals surface area contributed by atoms with Crippen molar-refractivity contribution in [1.29, 1.82) is 5.26 Å². The van der Waals surface area contributed by atoms with Gasteiger partial charge in [0.2, 0.25) is 0 Å². The summed E-state index contributed by atoms with van der Waals surface area (Å²) in [5.41, 5.74) is 2.46. The molecule has 0 spiro atoms. The SMILES string of the molecule is CC(C)(C)OC(=O)N1CCC(c2cccc3c2OC(c2ccc(C#N)cc2F)C3)CC1. The van der Waals surface area contributed by atoms with Gasteiger partial charge in [0.05, 0.1) is 11.6 Å². The Morgan fingerprint density at radius 3 is 2.58 bits per heavy atom. The second-order valence-electron chi connectivity index (χ2n) is 9.24. The van der Waals surface area contributed by atoms with Crippen LogP contribution in [0.5, 0.6) is 5.75 Å². The first-order valence-corrected chi connectivity index (χ1v) is 10.7. The largest absolute Gasteiger partial charge is 0.485 e. The van der Waals surface area contributed by atoms with Crippen molar-refractivity contribution in [3.63, 3.8) is 0 Å². The maximum atomic E-state index is 14.5. The Morgan fingerprint density at radius 2 is 1.94 bits per heavy atom. The lowest BCUT2D eigenvalue weighted by Gasteiger charge is -2.34. The Morgan fingerprint density at radius 1 is 1.19 bits per heavy atom. The van der Waals surface area contributed by atoms with E-state index in [-0.39, 0.29) is 12.0 Å². The number of carbonyl (C=O) groups excluding carboxylic acids is 1. The van der Waals surface area contributed by atoms with E-state index >= 15 is 0 Å². The number of carbonyl (C=O) groups is 1. The molecule has 0 aromatic heterocycles. The molecule has 0 N–H and O–H groups in total. The highest BCUT2D eigenvalue weighted by Gasteiger charge is 2.33. The highest BCUT2D eigenvalue weighted by atomic mass is 19.1. The van der Waals surface area contributed by atoms with Crippen LogP contribution in [0.1, 0.15) is 67.9 Å². The summed E-state index contributed by atoms with van der Waals surface area (Å²) in [7, 11) is 0. The van der Waals surface area contributed by atoms with Gasteiger partial charge in [0, 0.05) is 25.1 Å². The smallest absolute Gasteiger partial charge is 0.410 e. The van der Waals surface area contributed by atoms with Gasteiger partial charge < -0.3 is 14.4 Å². The third kappa shape index (κ3) is 4.51. The molecule has 2 aromatic carbocycles. The van der Waals surface area contributed by atoms with Gasteiger partial charge in [0.25, 0.3) is 0 Å². The van der Waals surface area contributed by atoms with Crippen LogP contribution in [-0.4, -0.2) is 29.7 Å². The second-order valence-corrected chi connectivity index (χ2v) is 9.24. The number of nitrogens with zero attached hydrogens (tertiary/aromatic N) is 2. The Kier molecular flexibility index (Phi) is 5.62. The monoisotopic (exact) mass is 422 g/mol. The zero-order chi connectivity index (χ0) is 22.2. The van der Waals surface area contributed by atoms with E-state index in [0.717, 1.165) is 29.7 Å². The summed E-state index contributed by atoms with van der Waals surface area (Å²) in [5.74, 6) is 0.703. The first kappa shape index (κ1) is 21.2. The summed E-state index contributed by atoms with van der Waals surface area (Å²) in [5, 5.41) is 8.97. The van der Waals surface area contributed by atoms with Crippen molar-refractivity contribution in [2.24, 2.45) is 0 Å². The van der Waals surface area contributed by atoms with Gasteiger partial charge in [-0.05, 0) is 62.8 Å². The minimum Gasteiger partial charge on any atom is -0.485 e. The van der Waals surface area contributed by atoms with Crippen LogP contribution in [0.2, 0.25) is 0 Å². The number of ether oxygens (including phenoxy) is 2. The molecule has 31 heavy (non-hydrogen) atoms. The number of amides is 1. The van der Waals surface area contributed by atoms with E-state index in [4.69, 9.17) is 14.7 Å². The summed E-state index contributed by atoms with van der Waals surface area (Å²) < 4.78 is 26.3. The van der Waals surface area contributed by atoms with Crippen molar-refractivity contribution in [1.82, 2.24) is 4.90 Å². The van der Waals surface area contributed by atoms with Crippen molar-refractivity contribution in [3.05, 3.63) is 64.5 Å². The topological polar surface area (TPSA) is 62.6 Å². The lowest BCUT2D eigenvalue weighted by Crippen LogP contribution is -2.41. The number of halogens is 1. The first-order chi connectivity index (χ1) is 14.7. The number of rotatable bonds is 2. The minimum atomic E-state index is -0.502. The fraction of sp³-hybridized carbons (Fsp3) is 0.440. The highest BCUT2D eigenvalue weighted by molar-refractivity contribution is 5.68. The van der Waals surface area contributed by atoms with Gasteiger partial charge in [0.15, 0.2) is 0 Å². The van der Waals surface area contributed by atoms with E-state index in [1.807, 2.05) is 39.0 Å². The molecule has 6 heteroatoms. The van der Waals surface area contributed by atoms with Crippen LogP contribution in [-0.2, 0) is 11.2 Å². The van der Waals surface area contributed by atoms with Crippen LogP contribution in [0.4, 0.5) is 9.18 Å². The molecule has 0 radical (unpaired) electrons. The van der Waals surface area contributed by atoms with Gasteiger partial charge in [0.1, 0.15) is 23.3 Å². The number of likely N-dealkylation sites (tertiary alicyclic amines) is 1. The van der Waals surface area contributed by atoms with Crippen molar-refractivity contribution in [3.8, 4) is 11.8 Å². The van der Waals surface area contributed by atoms with Gasteiger partial charge in [-0.1, -0.05) is 24.3 Å². The van der Waals surface area contributed by atoms with Gasteiger partial charge >= 0.3 is 6.09 Å². The van der Waals surface area contributed by atoms with E-state index in [9.17, 15) is 9.18 Å². The fourth-order valence-corrected chi connectivity index (χ4v) is 4.35. The predicted octanol–water partition coefficient (Wildman–Crippen LogP) is 5.49. The fourth-order valence-electron chi connectivity index (χ4n) is 4.35. The molecule has 0 saturated carbocycles. The van der Waals surface area contributed by atoms with E-state index < -0.39 is 17.5 Å². The molecular formula is C25H27FN2O3. The van der Waals surface area contributed by atoms with Gasteiger partial charge in [-0.15, -0.1) is 0 Å². The normalized spacial score (nSPS) is 18.8. The lowest BCUT2D eigenvalue weighted by molar-refractivity contribution is 0.0204. The van der Waals surface area contributed by atoms with Crippen LogP contribution in [0.3, 0.4) is 0 Å². The maximum absolute atomic E-state index is 14.5. The zero-order valence-corrected chi connectivity index (χ0v) is 18.2. The Hall–Kier alpha value is -3.07. The molecule has 1 saturated heterocycles. The van der Waals surface area contributed by atoms with E-state index in [0.29, 0.717) is 30.6 Å². The van der Waals surface area contributed by atoms with E-state index in [2.05, 4.69) is 6.07 Å². The summed E-state index contributed by atoms with van der Waals surface area (Å²) in [6, 6.07) is 12.6. The molecule has 2 aliphatic rings.